The summed E-state index contributed by atoms with van der Waals surface area (Å²) in [4.78, 5) is 2.14. The zero-order valence-electron chi connectivity index (χ0n) is 5.94. The Balaban J connectivity index is 2.45. The SMILES string of the molecule is Cc1ccc(COS(=O)O)s1. The summed E-state index contributed by atoms with van der Waals surface area (Å²) in [6.07, 6.45) is 0. The van der Waals surface area contributed by atoms with Gasteiger partial charge in [-0.05, 0) is 19.1 Å². The monoisotopic (exact) mass is 192 g/mol. The standard InChI is InChI=1S/C6H8O3S2/c1-5-2-3-6(10-5)4-9-11(7)8/h2-3H,4H2,1H3,(H,7,8). The Hall–Kier alpha value is -0.230. The number of hydrogen-bond acceptors (Lipinski definition) is 3. The van der Waals surface area contributed by atoms with Gasteiger partial charge in [0.2, 0.25) is 0 Å². The Bertz CT molecular complexity index is 256. The van der Waals surface area contributed by atoms with Crippen molar-refractivity contribution >= 4 is 22.7 Å². The molecule has 0 aliphatic rings. The topological polar surface area (TPSA) is 46.5 Å². The molecule has 1 heterocycles. The number of aryl methyl sites for hydroxylation is 1. The molecule has 11 heavy (non-hydrogen) atoms. The molecule has 3 nitrogen and oxygen atoms in total. The van der Waals surface area contributed by atoms with Gasteiger partial charge in [-0.2, -0.15) is 4.21 Å². The third kappa shape index (κ3) is 3.11. The maximum atomic E-state index is 10.1. The summed E-state index contributed by atoms with van der Waals surface area (Å²) >= 11 is -0.591. The molecule has 0 aliphatic carbocycles. The first-order valence-electron chi connectivity index (χ1n) is 2.98. The summed E-state index contributed by atoms with van der Waals surface area (Å²) in [5.74, 6) is 0. The predicted molar refractivity (Wildman–Crippen MR) is 44.6 cm³/mol. The molecule has 0 bridgehead atoms. The first-order valence-corrected chi connectivity index (χ1v) is 4.83. The summed E-state index contributed by atoms with van der Waals surface area (Å²) in [5.41, 5.74) is 0. The third-order valence-corrected chi connectivity index (χ3v) is 2.39. The van der Waals surface area contributed by atoms with Crippen molar-refractivity contribution in [3.8, 4) is 0 Å². The number of thiophene rings is 1. The van der Waals surface area contributed by atoms with Gasteiger partial charge in [0.15, 0.2) is 0 Å². The van der Waals surface area contributed by atoms with Gasteiger partial charge in [0.25, 0.3) is 0 Å². The lowest BCUT2D eigenvalue weighted by atomic mass is 10.4. The van der Waals surface area contributed by atoms with Gasteiger partial charge in [0.1, 0.15) is 6.61 Å². The summed E-state index contributed by atoms with van der Waals surface area (Å²) in [6, 6.07) is 3.83. The molecule has 0 saturated carbocycles. The lowest BCUT2D eigenvalue weighted by molar-refractivity contribution is 0.300. The normalized spacial score (nSPS) is 13.3. The van der Waals surface area contributed by atoms with Crippen LogP contribution in [0.3, 0.4) is 0 Å². The average molecular weight is 192 g/mol. The minimum atomic E-state index is -2.15. The first kappa shape index (κ1) is 8.86. The van der Waals surface area contributed by atoms with Crippen LogP contribution in [0.2, 0.25) is 0 Å². The van der Waals surface area contributed by atoms with Crippen molar-refractivity contribution in [1.29, 1.82) is 0 Å². The van der Waals surface area contributed by atoms with Gasteiger partial charge >= 0.3 is 11.4 Å². The van der Waals surface area contributed by atoms with E-state index in [9.17, 15) is 4.21 Å². The number of rotatable bonds is 3. The molecule has 1 rings (SSSR count). The van der Waals surface area contributed by atoms with E-state index in [0.717, 1.165) is 4.88 Å². The number of hydrogen-bond donors (Lipinski definition) is 1. The van der Waals surface area contributed by atoms with Gasteiger partial charge in [-0.1, -0.05) is 0 Å². The summed E-state index contributed by atoms with van der Waals surface area (Å²) in [6.45, 7) is 2.19. The predicted octanol–water partition coefficient (Wildman–Crippen LogP) is 1.71. The minimum absolute atomic E-state index is 0.210. The fraction of sp³-hybridized carbons (Fsp3) is 0.333. The van der Waals surface area contributed by atoms with Crippen LogP contribution >= 0.6 is 11.3 Å². The zero-order valence-corrected chi connectivity index (χ0v) is 7.58. The Morgan fingerprint density at radius 1 is 1.73 bits per heavy atom. The van der Waals surface area contributed by atoms with E-state index in [4.69, 9.17) is 4.55 Å². The van der Waals surface area contributed by atoms with E-state index in [1.54, 1.807) is 11.3 Å². The smallest absolute Gasteiger partial charge is 0.284 e. The second-order valence-corrected chi connectivity index (χ2v) is 4.03. The summed E-state index contributed by atoms with van der Waals surface area (Å²) in [7, 11) is 0. The van der Waals surface area contributed by atoms with Crippen molar-refractivity contribution in [2.24, 2.45) is 0 Å². The maximum absolute atomic E-state index is 10.1. The van der Waals surface area contributed by atoms with Gasteiger partial charge in [0.05, 0.1) is 0 Å². The Labute approximate surface area is 71.5 Å². The minimum Gasteiger partial charge on any atom is -0.284 e. The Morgan fingerprint density at radius 2 is 2.45 bits per heavy atom. The van der Waals surface area contributed by atoms with Crippen LogP contribution in [-0.2, 0) is 22.2 Å². The van der Waals surface area contributed by atoms with E-state index in [0.29, 0.717) is 0 Å². The van der Waals surface area contributed by atoms with Crippen molar-refractivity contribution in [2.75, 3.05) is 0 Å². The van der Waals surface area contributed by atoms with E-state index in [1.165, 1.54) is 4.88 Å². The van der Waals surface area contributed by atoms with Crippen LogP contribution in [0, 0.1) is 6.92 Å². The van der Waals surface area contributed by atoms with Crippen LogP contribution in [0.15, 0.2) is 12.1 Å². The lowest BCUT2D eigenvalue weighted by Crippen LogP contribution is -1.93. The molecule has 0 fully saturated rings. The van der Waals surface area contributed by atoms with Crippen LogP contribution in [0.1, 0.15) is 9.75 Å². The van der Waals surface area contributed by atoms with E-state index >= 15 is 0 Å². The summed E-state index contributed by atoms with van der Waals surface area (Å²) < 4.78 is 22.8. The highest BCUT2D eigenvalue weighted by molar-refractivity contribution is 7.74. The van der Waals surface area contributed by atoms with Gasteiger partial charge in [-0.3, -0.25) is 8.74 Å². The quantitative estimate of drug-likeness (QED) is 0.741. The molecular weight excluding hydrogens is 184 g/mol. The van der Waals surface area contributed by atoms with Crippen molar-refractivity contribution in [3.63, 3.8) is 0 Å². The third-order valence-electron chi connectivity index (χ3n) is 1.10. The van der Waals surface area contributed by atoms with E-state index < -0.39 is 11.4 Å². The molecular formula is C6H8O3S2. The van der Waals surface area contributed by atoms with E-state index in [-0.39, 0.29) is 6.61 Å². The molecule has 1 atom stereocenters. The molecule has 1 unspecified atom stereocenters. The van der Waals surface area contributed by atoms with Crippen molar-refractivity contribution in [1.82, 2.24) is 0 Å². The maximum Gasteiger partial charge on any atom is 0.302 e. The first-order chi connectivity index (χ1) is 5.18. The molecule has 5 heteroatoms. The second-order valence-electron chi connectivity index (χ2n) is 1.99. The molecule has 0 amide bonds. The Kier molecular flexibility index (Phi) is 3.19. The largest absolute Gasteiger partial charge is 0.302 e. The van der Waals surface area contributed by atoms with Crippen molar-refractivity contribution in [2.45, 2.75) is 13.5 Å². The molecule has 1 aromatic heterocycles. The average Bonchev–Trinajstić information content (AvgIpc) is 2.31. The Morgan fingerprint density at radius 3 is 2.91 bits per heavy atom. The van der Waals surface area contributed by atoms with Gasteiger partial charge < -0.3 is 0 Å². The molecule has 1 N–H and O–H groups in total. The van der Waals surface area contributed by atoms with Crippen molar-refractivity contribution in [3.05, 3.63) is 21.9 Å². The van der Waals surface area contributed by atoms with E-state index in [1.807, 2.05) is 19.1 Å². The molecule has 0 spiro atoms. The highest BCUT2D eigenvalue weighted by Gasteiger charge is 1.98. The highest BCUT2D eigenvalue weighted by atomic mass is 32.2. The van der Waals surface area contributed by atoms with E-state index in [2.05, 4.69) is 4.18 Å². The van der Waals surface area contributed by atoms with Crippen LogP contribution < -0.4 is 0 Å². The van der Waals surface area contributed by atoms with Gasteiger partial charge in [0, 0.05) is 9.75 Å². The lowest BCUT2D eigenvalue weighted by Gasteiger charge is -1.92. The molecule has 0 saturated heterocycles. The molecule has 0 aromatic carbocycles. The summed E-state index contributed by atoms with van der Waals surface area (Å²) in [5, 5.41) is 0. The van der Waals surface area contributed by atoms with Crippen molar-refractivity contribution < 1.29 is 12.9 Å². The van der Waals surface area contributed by atoms with Crippen LogP contribution in [-0.4, -0.2) is 8.76 Å². The van der Waals surface area contributed by atoms with Gasteiger partial charge in [-0.25, -0.2) is 0 Å². The van der Waals surface area contributed by atoms with Crippen LogP contribution in [0.4, 0.5) is 0 Å². The fourth-order valence-electron chi connectivity index (χ4n) is 0.671. The van der Waals surface area contributed by atoms with Gasteiger partial charge in [-0.15, -0.1) is 11.3 Å². The molecule has 0 aliphatic heterocycles. The van der Waals surface area contributed by atoms with Crippen LogP contribution in [0.25, 0.3) is 0 Å². The highest BCUT2D eigenvalue weighted by Crippen LogP contribution is 2.15. The molecule has 62 valence electrons. The fourth-order valence-corrected chi connectivity index (χ4v) is 1.78. The zero-order chi connectivity index (χ0) is 8.27. The second kappa shape index (κ2) is 3.96. The molecule has 0 radical (unpaired) electrons. The molecule has 1 aromatic rings. The van der Waals surface area contributed by atoms with Crippen LogP contribution in [0.5, 0.6) is 0 Å².